The summed E-state index contributed by atoms with van der Waals surface area (Å²) in [5.41, 5.74) is -0.225. The molecule has 1 aromatic rings. The van der Waals surface area contributed by atoms with Gasteiger partial charge in [-0.25, -0.2) is 8.78 Å². The van der Waals surface area contributed by atoms with E-state index in [-0.39, 0.29) is 18.4 Å². The standard InChI is InChI=1S/C8H7F2NO2/c9-6-3-11-4-7(10)5(6)1-2-8(12)13/h3-4H,1-2H2,(H,12,13). The summed E-state index contributed by atoms with van der Waals surface area (Å²) in [7, 11) is 0. The monoisotopic (exact) mass is 187 g/mol. The van der Waals surface area contributed by atoms with E-state index in [1.165, 1.54) is 0 Å². The van der Waals surface area contributed by atoms with Gasteiger partial charge in [0.15, 0.2) is 0 Å². The zero-order valence-corrected chi connectivity index (χ0v) is 6.63. The third kappa shape index (κ3) is 2.47. The highest BCUT2D eigenvalue weighted by atomic mass is 19.1. The fraction of sp³-hybridized carbons (Fsp3) is 0.250. The van der Waals surface area contributed by atoms with E-state index in [1.807, 2.05) is 0 Å². The second-order valence-corrected chi connectivity index (χ2v) is 2.48. The van der Waals surface area contributed by atoms with Crippen molar-refractivity contribution in [1.29, 1.82) is 0 Å². The van der Waals surface area contributed by atoms with Gasteiger partial charge in [-0.3, -0.25) is 9.78 Å². The first-order chi connectivity index (χ1) is 6.11. The molecular formula is C8H7F2NO2. The lowest BCUT2D eigenvalue weighted by atomic mass is 10.1. The Morgan fingerprint density at radius 1 is 1.38 bits per heavy atom. The lowest BCUT2D eigenvalue weighted by molar-refractivity contribution is -0.136. The third-order valence-corrected chi connectivity index (χ3v) is 1.54. The molecule has 0 fully saturated rings. The van der Waals surface area contributed by atoms with Crippen LogP contribution in [0.15, 0.2) is 12.4 Å². The minimum atomic E-state index is -1.09. The molecule has 5 heteroatoms. The molecule has 1 heterocycles. The summed E-state index contributed by atoms with van der Waals surface area (Å²) in [5.74, 6) is -2.70. The van der Waals surface area contributed by atoms with Crippen LogP contribution in [0.5, 0.6) is 0 Å². The Hall–Kier alpha value is -1.52. The van der Waals surface area contributed by atoms with Gasteiger partial charge in [0.1, 0.15) is 11.6 Å². The van der Waals surface area contributed by atoms with Crippen molar-refractivity contribution >= 4 is 5.97 Å². The van der Waals surface area contributed by atoms with Crippen molar-refractivity contribution in [2.75, 3.05) is 0 Å². The highest BCUT2D eigenvalue weighted by Crippen LogP contribution is 2.12. The molecule has 1 aromatic heterocycles. The first kappa shape index (κ1) is 9.57. The van der Waals surface area contributed by atoms with Crippen LogP contribution in [-0.2, 0) is 11.2 Å². The van der Waals surface area contributed by atoms with Crippen molar-refractivity contribution in [2.24, 2.45) is 0 Å². The number of carbonyl (C=O) groups is 1. The van der Waals surface area contributed by atoms with Crippen molar-refractivity contribution in [3.63, 3.8) is 0 Å². The van der Waals surface area contributed by atoms with Gasteiger partial charge in [-0.05, 0) is 6.42 Å². The molecule has 1 N–H and O–H groups in total. The van der Waals surface area contributed by atoms with Crippen molar-refractivity contribution in [3.8, 4) is 0 Å². The van der Waals surface area contributed by atoms with E-state index in [2.05, 4.69) is 4.98 Å². The fourth-order valence-corrected chi connectivity index (χ4v) is 0.909. The summed E-state index contributed by atoms with van der Waals surface area (Å²) in [6, 6.07) is 0. The summed E-state index contributed by atoms with van der Waals surface area (Å²) in [6.45, 7) is 0. The van der Waals surface area contributed by atoms with Crippen molar-refractivity contribution in [3.05, 3.63) is 29.6 Å². The number of rotatable bonds is 3. The van der Waals surface area contributed by atoms with E-state index < -0.39 is 17.6 Å². The normalized spacial score (nSPS) is 10.0. The lowest BCUT2D eigenvalue weighted by Crippen LogP contribution is -2.02. The van der Waals surface area contributed by atoms with Gasteiger partial charge in [0.05, 0.1) is 12.4 Å². The SMILES string of the molecule is O=C(O)CCc1c(F)cncc1F. The molecule has 0 spiro atoms. The van der Waals surface area contributed by atoms with Gasteiger partial charge in [0.2, 0.25) is 0 Å². The van der Waals surface area contributed by atoms with Crippen LogP contribution < -0.4 is 0 Å². The molecule has 0 aliphatic heterocycles. The Morgan fingerprint density at radius 3 is 2.38 bits per heavy atom. The number of aromatic nitrogens is 1. The maximum atomic E-state index is 12.8. The van der Waals surface area contributed by atoms with Gasteiger partial charge in [-0.1, -0.05) is 0 Å². The first-order valence-corrected chi connectivity index (χ1v) is 3.61. The van der Waals surface area contributed by atoms with Crippen LogP contribution in [0.25, 0.3) is 0 Å². The molecule has 1 rings (SSSR count). The molecule has 0 bridgehead atoms. The highest BCUT2D eigenvalue weighted by Gasteiger charge is 2.10. The summed E-state index contributed by atoms with van der Waals surface area (Å²) < 4.78 is 25.6. The minimum Gasteiger partial charge on any atom is -0.481 e. The molecule has 0 amide bonds. The minimum absolute atomic E-state index is 0.157. The molecule has 0 atom stereocenters. The zero-order chi connectivity index (χ0) is 9.84. The molecule has 0 saturated heterocycles. The molecule has 70 valence electrons. The Bertz CT molecular complexity index is 308. The van der Waals surface area contributed by atoms with E-state index in [0.29, 0.717) is 0 Å². The highest BCUT2D eigenvalue weighted by molar-refractivity contribution is 5.67. The van der Waals surface area contributed by atoms with Crippen LogP contribution >= 0.6 is 0 Å². The van der Waals surface area contributed by atoms with Gasteiger partial charge in [-0.2, -0.15) is 0 Å². The first-order valence-electron chi connectivity index (χ1n) is 3.61. The summed E-state index contributed by atoms with van der Waals surface area (Å²) in [6.07, 6.45) is 1.27. The van der Waals surface area contributed by atoms with Crippen molar-refractivity contribution in [2.45, 2.75) is 12.8 Å². The predicted octanol–water partition coefficient (Wildman–Crippen LogP) is 1.38. The Labute approximate surface area is 73.0 Å². The summed E-state index contributed by atoms with van der Waals surface area (Å²) in [4.78, 5) is 13.4. The third-order valence-electron chi connectivity index (χ3n) is 1.54. The molecule has 0 unspecified atom stereocenters. The van der Waals surface area contributed by atoms with E-state index in [0.717, 1.165) is 12.4 Å². The van der Waals surface area contributed by atoms with Gasteiger partial charge in [0.25, 0.3) is 0 Å². The van der Waals surface area contributed by atoms with Crippen molar-refractivity contribution in [1.82, 2.24) is 4.98 Å². The topological polar surface area (TPSA) is 50.2 Å². The molecule has 3 nitrogen and oxygen atoms in total. The molecule has 0 aromatic carbocycles. The van der Waals surface area contributed by atoms with Crippen LogP contribution in [-0.4, -0.2) is 16.1 Å². The smallest absolute Gasteiger partial charge is 0.303 e. The number of pyridine rings is 1. The fourth-order valence-electron chi connectivity index (χ4n) is 0.909. The van der Waals surface area contributed by atoms with Gasteiger partial charge in [0, 0.05) is 12.0 Å². The average molecular weight is 187 g/mol. The van der Waals surface area contributed by atoms with Crippen LogP contribution in [0.1, 0.15) is 12.0 Å². The lowest BCUT2D eigenvalue weighted by Gasteiger charge is -2.00. The molecule has 0 radical (unpaired) electrons. The Balaban J connectivity index is 2.81. The Morgan fingerprint density at radius 2 is 1.92 bits per heavy atom. The molecule has 13 heavy (non-hydrogen) atoms. The van der Waals surface area contributed by atoms with Gasteiger partial charge < -0.3 is 5.11 Å². The van der Waals surface area contributed by atoms with Crippen LogP contribution in [0.4, 0.5) is 8.78 Å². The van der Waals surface area contributed by atoms with Crippen LogP contribution in [0, 0.1) is 11.6 Å². The second kappa shape index (κ2) is 3.93. The zero-order valence-electron chi connectivity index (χ0n) is 6.63. The summed E-state index contributed by atoms with van der Waals surface area (Å²) >= 11 is 0. The number of nitrogens with zero attached hydrogens (tertiary/aromatic N) is 1. The van der Waals surface area contributed by atoms with E-state index >= 15 is 0 Å². The quantitative estimate of drug-likeness (QED) is 0.777. The van der Waals surface area contributed by atoms with Gasteiger partial charge in [-0.15, -0.1) is 0 Å². The van der Waals surface area contributed by atoms with Crippen molar-refractivity contribution < 1.29 is 18.7 Å². The predicted molar refractivity (Wildman–Crippen MR) is 40.1 cm³/mol. The number of aliphatic carboxylic acids is 1. The number of halogens is 2. The number of hydrogen-bond acceptors (Lipinski definition) is 2. The van der Waals surface area contributed by atoms with Crippen LogP contribution in [0.3, 0.4) is 0 Å². The number of hydrogen-bond donors (Lipinski definition) is 1. The molecular weight excluding hydrogens is 180 g/mol. The maximum absolute atomic E-state index is 12.8. The van der Waals surface area contributed by atoms with Gasteiger partial charge >= 0.3 is 5.97 Å². The van der Waals surface area contributed by atoms with E-state index in [1.54, 1.807) is 0 Å². The Kier molecular flexibility index (Phi) is 2.89. The molecule has 0 saturated carbocycles. The largest absolute Gasteiger partial charge is 0.481 e. The maximum Gasteiger partial charge on any atom is 0.303 e. The van der Waals surface area contributed by atoms with E-state index in [4.69, 9.17) is 5.11 Å². The number of carboxylic acid groups (broad SMARTS) is 1. The average Bonchev–Trinajstić information content (AvgIpc) is 2.03. The van der Waals surface area contributed by atoms with Crippen LogP contribution in [0.2, 0.25) is 0 Å². The number of carboxylic acids is 1. The van der Waals surface area contributed by atoms with E-state index in [9.17, 15) is 13.6 Å². The molecule has 0 aliphatic rings. The molecule has 0 aliphatic carbocycles. The summed E-state index contributed by atoms with van der Waals surface area (Å²) in [5, 5.41) is 8.30. The second-order valence-electron chi connectivity index (χ2n) is 2.48.